The first-order valence-corrected chi connectivity index (χ1v) is 16.2. The molecule has 0 unspecified atom stereocenters. The highest BCUT2D eigenvalue weighted by Gasteiger charge is 2.30. The van der Waals surface area contributed by atoms with Crippen LogP contribution in [0.25, 0.3) is 0 Å². The Morgan fingerprint density at radius 1 is 0.976 bits per heavy atom. The lowest BCUT2D eigenvalue weighted by atomic mass is 10.0. The lowest BCUT2D eigenvalue weighted by molar-refractivity contribution is -0.141. The highest BCUT2D eigenvalue weighted by atomic mass is 35.5. The minimum atomic E-state index is -3.66. The number of carbonyl (C=O) groups excluding carboxylic acids is 2. The summed E-state index contributed by atoms with van der Waals surface area (Å²) in [6, 6.07) is 19.5. The Morgan fingerprint density at radius 2 is 1.64 bits per heavy atom. The normalized spacial score (nSPS) is 12.2. The molecule has 0 saturated carbocycles. The van der Waals surface area contributed by atoms with Gasteiger partial charge in [-0.1, -0.05) is 74.0 Å². The molecule has 0 fully saturated rings. The van der Waals surface area contributed by atoms with Crippen LogP contribution in [0.3, 0.4) is 0 Å². The maximum Gasteiger partial charge on any atom is 0.243 e. The molecule has 42 heavy (non-hydrogen) atoms. The molecule has 0 saturated heterocycles. The van der Waals surface area contributed by atoms with Gasteiger partial charge in [0.15, 0.2) is 0 Å². The summed E-state index contributed by atoms with van der Waals surface area (Å²) in [7, 11) is -3.66. The number of nitrogens with one attached hydrogen (secondary N) is 1. The van der Waals surface area contributed by atoms with Gasteiger partial charge >= 0.3 is 0 Å². The van der Waals surface area contributed by atoms with Crippen molar-refractivity contribution < 1.29 is 22.4 Å². The van der Waals surface area contributed by atoms with E-state index in [1.807, 2.05) is 44.2 Å². The zero-order chi connectivity index (χ0) is 30.9. The summed E-state index contributed by atoms with van der Waals surface area (Å²) in [5.41, 5.74) is 2.75. The third kappa shape index (κ3) is 9.84. The molecule has 0 spiro atoms. The number of anilines is 1. The molecule has 3 aromatic rings. The number of carbonyl (C=O) groups is 2. The van der Waals surface area contributed by atoms with E-state index >= 15 is 0 Å². The minimum Gasteiger partial charge on any atom is -0.354 e. The summed E-state index contributed by atoms with van der Waals surface area (Å²) in [5.74, 6) is -0.777. The molecule has 0 aromatic heterocycles. The van der Waals surface area contributed by atoms with E-state index in [0.717, 1.165) is 17.4 Å². The van der Waals surface area contributed by atoms with Gasteiger partial charge in [-0.3, -0.25) is 13.9 Å². The van der Waals surface area contributed by atoms with Gasteiger partial charge in [-0.15, -0.1) is 0 Å². The molecule has 0 aliphatic rings. The van der Waals surface area contributed by atoms with Crippen LogP contribution in [0.5, 0.6) is 0 Å². The number of hydrogen-bond acceptors (Lipinski definition) is 4. The SMILES string of the molecule is Cc1ccc(Cl)cc1N(CCCC(=O)N(Cc1ccc(F)cc1)[C@@H](Cc1ccccc1)C(=O)NCC(C)C)S(C)(=O)=O. The predicted molar refractivity (Wildman–Crippen MR) is 166 cm³/mol. The van der Waals surface area contributed by atoms with Gasteiger partial charge in [-0.2, -0.15) is 0 Å². The number of amides is 2. The third-order valence-corrected chi connectivity index (χ3v) is 8.23. The summed E-state index contributed by atoms with van der Waals surface area (Å²) in [6.07, 6.45) is 1.61. The molecule has 7 nitrogen and oxygen atoms in total. The number of sulfonamides is 1. The summed E-state index contributed by atoms with van der Waals surface area (Å²) >= 11 is 6.16. The van der Waals surface area contributed by atoms with Crippen molar-refractivity contribution in [2.24, 2.45) is 5.92 Å². The molecule has 0 aliphatic heterocycles. The van der Waals surface area contributed by atoms with Crippen LogP contribution in [0.4, 0.5) is 10.1 Å². The fourth-order valence-electron chi connectivity index (χ4n) is 4.60. The van der Waals surface area contributed by atoms with Crippen LogP contribution in [-0.4, -0.2) is 50.5 Å². The van der Waals surface area contributed by atoms with Crippen LogP contribution >= 0.6 is 11.6 Å². The lowest BCUT2D eigenvalue weighted by Crippen LogP contribution is -2.51. The lowest BCUT2D eigenvalue weighted by Gasteiger charge is -2.32. The van der Waals surface area contributed by atoms with E-state index in [1.165, 1.54) is 21.3 Å². The number of rotatable bonds is 14. The molecule has 0 bridgehead atoms. The van der Waals surface area contributed by atoms with E-state index in [1.54, 1.807) is 37.3 Å². The molecule has 3 aromatic carbocycles. The van der Waals surface area contributed by atoms with Gasteiger partial charge in [0, 0.05) is 37.5 Å². The topological polar surface area (TPSA) is 86.8 Å². The molecule has 1 N–H and O–H groups in total. The summed E-state index contributed by atoms with van der Waals surface area (Å²) in [4.78, 5) is 28.9. The van der Waals surface area contributed by atoms with Crippen LogP contribution < -0.4 is 9.62 Å². The van der Waals surface area contributed by atoms with Gasteiger partial charge in [0.05, 0.1) is 11.9 Å². The zero-order valence-corrected chi connectivity index (χ0v) is 26.1. The third-order valence-electron chi connectivity index (χ3n) is 6.81. The zero-order valence-electron chi connectivity index (χ0n) is 24.5. The second-order valence-corrected chi connectivity index (χ2v) is 13.2. The maximum atomic E-state index is 13.9. The molecule has 10 heteroatoms. The van der Waals surface area contributed by atoms with Crippen molar-refractivity contribution >= 4 is 39.1 Å². The van der Waals surface area contributed by atoms with Crippen LogP contribution in [0.1, 0.15) is 43.4 Å². The highest BCUT2D eigenvalue weighted by molar-refractivity contribution is 7.92. The van der Waals surface area contributed by atoms with Gasteiger partial charge in [-0.05, 0) is 60.2 Å². The number of aryl methyl sites for hydroxylation is 1. The van der Waals surface area contributed by atoms with Gasteiger partial charge in [0.25, 0.3) is 0 Å². The molecule has 3 rings (SSSR count). The van der Waals surface area contributed by atoms with Crippen molar-refractivity contribution in [3.63, 3.8) is 0 Å². The van der Waals surface area contributed by atoms with Crippen molar-refractivity contribution in [2.75, 3.05) is 23.7 Å². The number of benzene rings is 3. The highest BCUT2D eigenvalue weighted by Crippen LogP contribution is 2.27. The molecule has 1 atom stereocenters. The van der Waals surface area contributed by atoms with Gasteiger partial charge in [-0.25, -0.2) is 12.8 Å². The number of nitrogens with zero attached hydrogens (tertiary/aromatic N) is 2. The van der Waals surface area contributed by atoms with Crippen molar-refractivity contribution in [3.8, 4) is 0 Å². The Bertz CT molecular complexity index is 1450. The van der Waals surface area contributed by atoms with Crippen molar-refractivity contribution in [1.82, 2.24) is 10.2 Å². The second kappa shape index (κ2) is 15.2. The molecular weight excluding hydrogens is 577 g/mol. The van der Waals surface area contributed by atoms with E-state index in [9.17, 15) is 22.4 Å². The molecule has 2 amide bonds. The number of hydrogen-bond donors (Lipinski definition) is 1. The minimum absolute atomic E-state index is 0.00439. The molecular formula is C32H39ClFN3O4S. The van der Waals surface area contributed by atoms with E-state index < -0.39 is 21.9 Å². The van der Waals surface area contributed by atoms with Crippen molar-refractivity contribution in [2.45, 2.75) is 52.6 Å². The van der Waals surface area contributed by atoms with Crippen molar-refractivity contribution in [1.29, 1.82) is 0 Å². The summed E-state index contributed by atoms with van der Waals surface area (Å²) < 4.78 is 40.3. The van der Waals surface area contributed by atoms with Gasteiger partial charge < -0.3 is 10.2 Å². The van der Waals surface area contributed by atoms with Crippen molar-refractivity contribution in [3.05, 3.63) is 100 Å². The standard InChI is InChI=1S/C32H39ClFN3O4S/c1-23(2)21-35-32(39)30(19-25-9-6-5-7-10-25)36(22-26-13-16-28(34)17-14-26)31(38)11-8-18-37(42(4,40)41)29-20-27(33)15-12-24(29)3/h5-7,9-10,12-17,20,23,30H,8,11,18-19,21-22H2,1-4H3,(H,35,39)/t30-/m0/s1. The van der Waals surface area contributed by atoms with Crippen LogP contribution in [0, 0.1) is 18.7 Å². The fraction of sp³-hybridized carbons (Fsp3) is 0.375. The molecule has 0 heterocycles. The van der Waals surface area contributed by atoms with E-state index in [-0.39, 0.29) is 50.1 Å². The molecule has 226 valence electrons. The predicted octanol–water partition coefficient (Wildman–Crippen LogP) is 5.75. The van der Waals surface area contributed by atoms with E-state index in [0.29, 0.717) is 22.8 Å². The van der Waals surface area contributed by atoms with Crippen LogP contribution in [-0.2, 0) is 32.6 Å². The Balaban J connectivity index is 1.89. The average Bonchev–Trinajstić information content (AvgIpc) is 2.94. The quantitative estimate of drug-likeness (QED) is 0.250. The van der Waals surface area contributed by atoms with Crippen LogP contribution in [0.15, 0.2) is 72.8 Å². The Labute approximate surface area is 253 Å². The average molecular weight is 616 g/mol. The van der Waals surface area contributed by atoms with E-state index in [4.69, 9.17) is 11.6 Å². The monoisotopic (exact) mass is 615 g/mol. The molecule has 0 aliphatic carbocycles. The first-order chi connectivity index (χ1) is 19.8. The van der Waals surface area contributed by atoms with Gasteiger partial charge in [0.2, 0.25) is 21.8 Å². The smallest absolute Gasteiger partial charge is 0.243 e. The fourth-order valence-corrected chi connectivity index (χ4v) is 5.78. The Morgan fingerprint density at radius 3 is 2.26 bits per heavy atom. The maximum absolute atomic E-state index is 13.9. The first kappa shape index (κ1) is 33.1. The summed E-state index contributed by atoms with van der Waals surface area (Å²) in [5, 5.41) is 3.37. The van der Waals surface area contributed by atoms with Crippen LogP contribution in [0.2, 0.25) is 5.02 Å². The largest absolute Gasteiger partial charge is 0.354 e. The number of halogens is 2. The first-order valence-electron chi connectivity index (χ1n) is 13.9. The molecule has 0 radical (unpaired) electrons. The second-order valence-electron chi connectivity index (χ2n) is 10.9. The van der Waals surface area contributed by atoms with E-state index in [2.05, 4.69) is 5.32 Å². The summed E-state index contributed by atoms with van der Waals surface area (Å²) in [6.45, 7) is 6.37. The van der Waals surface area contributed by atoms with Gasteiger partial charge in [0.1, 0.15) is 11.9 Å². The Hall–Kier alpha value is -3.43. The Kier molecular flexibility index (Phi) is 11.9.